The average Bonchev–Trinajstić information content (AvgIpc) is 2.84. The molecule has 1 saturated carbocycles. The fraction of sp³-hybridized carbons (Fsp3) is 0.429. The quantitative estimate of drug-likeness (QED) is 0.917. The van der Waals surface area contributed by atoms with Crippen molar-refractivity contribution in [1.82, 2.24) is 15.3 Å². The Kier molecular flexibility index (Phi) is 3.14. The molecule has 4 heteroatoms. The third-order valence-corrected chi connectivity index (χ3v) is 4.80. The first-order valence-electron chi connectivity index (χ1n) is 6.36. The molecule has 1 N–H and O–H groups in total. The second kappa shape index (κ2) is 4.78. The third-order valence-electron chi connectivity index (χ3n) is 3.71. The third kappa shape index (κ3) is 1.95. The van der Waals surface area contributed by atoms with Crippen LogP contribution in [0.2, 0.25) is 0 Å². The van der Waals surface area contributed by atoms with Crippen molar-refractivity contribution in [2.45, 2.75) is 24.7 Å². The lowest BCUT2D eigenvalue weighted by Crippen LogP contribution is -2.42. The van der Waals surface area contributed by atoms with Gasteiger partial charge in [0, 0.05) is 23.5 Å². The summed E-state index contributed by atoms with van der Waals surface area (Å²) in [4.78, 5) is 9.17. The number of hydrogen-bond acceptors (Lipinski definition) is 4. The predicted molar refractivity (Wildman–Crippen MR) is 74.8 cm³/mol. The van der Waals surface area contributed by atoms with Crippen molar-refractivity contribution < 1.29 is 0 Å². The summed E-state index contributed by atoms with van der Waals surface area (Å²) in [6, 6.07) is 5.96. The Morgan fingerprint density at radius 2 is 2.22 bits per heavy atom. The zero-order valence-electron chi connectivity index (χ0n) is 10.5. The Bertz CT molecular complexity index is 517. The first-order chi connectivity index (χ1) is 8.84. The van der Waals surface area contributed by atoms with Crippen molar-refractivity contribution in [1.29, 1.82) is 0 Å². The zero-order chi connectivity index (χ0) is 12.4. The average molecular weight is 259 g/mol. The van der Waals surface area contributed by atoms with Gasteiger partial charge in [-0.3, -0.25) is 4.98 Å². The van der Waals surface area contributed by atoms with E-state index < -0.39 is 0 Å². The van der Waals surface area contributed by atoms with E-state index in [1.54, 1.807) is 11.3 Å². The number of nitrogens with one attached hydrogen (secondary N) is 1. The van der Waals surface area contributed by atoms with Crippen LogP contribution in [0.25, 0.3) is 11.4 Å². The Hall–Kier alpha value is -1.26. The highest BCUT2D eigenvalue weighted by atomic mass is 32.1. The molecule has 0 saturated heterocycles. The van der Waals surface area contributed by atoms with Crippen molar-refractivity contribution in [3.63, 3.8) is 0 Å². The first-order valence-corrected chi connectivity index (χ1v) is 7.24. The van der Waals surface area contributed by atoms with Gasteiger partial charge in [0.05, 0.1) is 11.4 Å². The maximum atomic E-state index is 4.81. The standard InChI is InChI=1S/C14H17N3S/c1-15-10-14(6-4-7-14)13-17-12(9-18-13)11-5-2-3-8-16-11/h2-3,5,8-9,15H,4,6-7,10H2,1H3. The minimum atomic E-state index is 0.284. The van der Waals surface area contributed by atoms with Crippen LogP contribution in [0.4, 0.5) is 0 Å². The van der Waals surface area contributed by atoms with E-state index in [0.717, 1.165) is 17.9 Å². The summed E-state index contributed by atoms with van der Waals surface area (Å²) in [7, 11) is 2.02. The van der Waals surface area contributed by atoms with Crippen LogP contribution in [0, 0.1) is 0 Å². The van der Waals surface area contributed by atoms with Gasteiger partial charge in [-0.25, -0.2) is 4.98 Å². The Morgan fingerprint density at radius 1 is 1.33 bits per heavy atom. The summed E-state index contributed by atoms with van der Waals surface area (Å²) in [6.07, 6.45) is 5.65. The molecule has 2 heterocycles. The first kappa shape index (κ1) is 11.8. The molecule has 1 aliphatic carbocycles. The lowest BCUT2D eigenvalue weighted by atomic mass is 9.69. The molecule has 0 amide bonds. The van der Waals surface area contributed by atoms with Crippen LogP contribution >= 0.6 is 11.3 Å². The van der Waals surface area contributed by atoms with Gasteiger partial charge in [0.1, 0.15) is 5.01 Å². The molecule has 1 fully saturated rings. The van der Waals surface area contributed by atoms with Gasteiger partial charge in [-0.1, -0.05) is 12.5 Å². The smallest absolute Gasteiger partial charge is 0.101 e. The largest absolute Gasteiger partial charge is 0.319 e. The van der Waals surface area contributed by atoms with Gasteiger partial charge >= 0.3 is 0 Å². The maximum absolute atomic E-state index is 4.81. The lowest BCUT2D eigenvalue weighted by Gasteiger charge is -2.40. The molecular formula is C14H17N3S. The van der Waals surface area contributed by atoms with Crippen molar-refractivity contribution >= 4 is 11.3 Å². The van der Waals surface area contributed by atoms with Crippen LogP contribution < -0.4 is 5.32 Å². The Balaban J connectivity index is 1.90. The van der Waals surface area contributed by atoms with Gasteiger partial charge in [0.2, 0.25) is 0 Å². The molecule has 3 rings (SSSR count). The molecule has 0 bridgehead atoms. The minimum Gasteiger partial charge on any atom is -0.319 e. The topological polar surface area (TPSA) is 37.8 Å². The van der Waals surface area contributed by atoms with Crippen LogP contribution in [-0.4, -0.2) is 23.6 Å². The number of thiazole rings is 1. The van der Waals surface area contributed by atoms with E-state index in [9.17, 15) is 0 Å². The van der Waals surface area contributed by atoms with Gasteiger partial charge in [0.15, 0.2) is 0 Å². The monoisotopic (exact) mass is 259 g/mol. The Labute approximate surface area is 111 Å². The van der Waals surface area contributed by atoms with Crippen LogP contribution in [0.5, 0.6) is 0 Å². The van der Waals surface area contributed by atoms with Gasteiger partial charge < -0.3 is 5.32 Å². The second-order valence-corrected chi connectivity index (χ2v) is 5.78. The highest BCUT2D eigenvalue weighted by molar-refractivity contribution is 7.10. The van der Waals surface area contributed by atoms with Gasteiger partial charge in [-0.15, -0.1) is 11.3 Å². The summed E-state index contributed by atoms with van der Waals surface area (Å²) in [6.45, 7) is 1.03. The number of aromatic nitrogens is 2. The minimum absolute atomic E-state index is 0.284. The van der Waals surface area contributed by atoms with E-state index in [1.807, 2.05) is 31.4 Å². The molecule has 0 aliphatic heterocycles. The zero-order valence-corrected chi connectivity index (χ0v) is 11.3. The highest BCUT2D eigenvalue weighted by Crippen LogP contribution is 2.45. The molecule has 0 atom stereocenters. The molecule has 94 valence electrons. The molecule has 1 aliphatic rings. The maximum Gasteiger partial charge on any atom is 0.101 e. The molecule has 0 unspecified atom stereocenters. The number of nitrogens with zero attached hydrogens (tertiary/aromatic N) is 2. The SMILES string of the molecule is CNCC1(c2nc(-c3ccccn3)cs2)CCC1. The summed E-state index contributed by atoms with van der Waals surface area (Å²) < 4.78 is 0. The van der Waals surface area contributed by atoms with Crippen LogP contribution in [0.1, 0.15) is 24.3 Å². The van der Waals surface area contributed by atoms with Gasteiger partial charge in [0.25, 0.3) is 0 Å². The molecule has 3 nitrogen and oxygen atoms in total. The summed E-state index contributed by atoms with van der Waals surface area (Å²) in [5.41, 5.74) is 2.27. The molecular weight excluding hydrogens is 242 g/mol. The van der Waals surface area contributed by atoms with Crippen molar-refractivity contribution in [2.75, 3.05) is 13.6 Å². The molecule has 2 aromatic heterocycles. The highest BCUT2D eigenvalue weighted by Gasteiger charge is 2.40. The van der Waals surface area contributed by atoms with Crippen LogP contribution in [0.3, 0.4) is 0 Å². The fourth-order valence-corrected chi connectivity index (χ4v) is 3.63. The van der Waals surface area contributed by atoms with Crippen LogP contribution in [-0.2, 0) is 5.41 Å². The summed E-state index contributed by atoms with van der Waals surface area (Å²) in [5.74, 6) is 0. The molecule has 18 heavy (non-hydrogen) atoms. The predicted octanol–water partition coefficient (Wildman–Crippen LogP) is 2.85. The van der Waals surface area contributed by atoms with Gasteiger partial charge in [-0.2, -0.15) is 0 Å². The molecule has 2 aromatic rings. The Morgan fingerprint density at radius 3 is 2.83 bits per heavy atom. The van der Waals surface area contributed by atoms with Gasteiger partial charge in [-0.05, 0) is 32.0 Å². The number of hydrogen-bond donors (Lipinski definition) is 1. The van der Waals surface area contributed by atoms with E-state index in [2.05, 4.69) is 15.7 Å². The molecule has 0 aromatic carbocycles. The van der Waals surface area contributed by atoms with E-state index in [4.69, 9.17) is 4.98 Å². The number of rotatable bonds is 4. The molecule has 0 radical (unpaired) electrons. The molecule has 0 spiro atoms. The second-order valence-electron chi connectivity index (χ2n) is 4.92. The summed E-state index contributed by atoms with van der Waals surface area (Å²) >= 11 is 1.78. The summed E-state index contributed by atoms with van der Waals surface area (Å²) in [5, 5.41) is 6.71. The van der Waals surface area contributed by atoms with Crippen molar-refractivity contribution in [3.05, 3.63) is 34.8 Å². The number of pyridine rings is 1. The van der Waals surface area contributed by atoms with E-state index in [1.165, 1.54) is 24.3 Å². The lowest BCUT2D eigenvalue weighted by molar-refractivity contribution is 0.238. The fourth-order valence-electron chi connectivity index (χ4n) is 2.56. The normalized spacial score (nSPS) is 17.4. The van der Waals surface area contributed by atoms with Crippen molar-refractivity contribution in [2.24, 2.45) is 0 Å². The van der Waals surface area contributed by atoms with E-state index in [0.29, 0.717) is 0 Å². The van der Waals surface area contributed by atoms with Crippen LogP contribution in [0.15, 0.2) is 29.8 Å². The van der Waals surface area contributed by atoms with E-state index >= 15 is 0 Å². The van der Waals surface area contributed by atoms with E-state index in [-0.39, 0.29) is 5.41 Å². The number of likely N-dealkylation sites (N-methyl/N-ethyl adjacent to an activating group) is 1. The van der Waals surface area contributed by atoms with Crippen molar-refractivity contribution in [3.8, 4) is 11.4 Å².